The summed E-state index contributed by atoms with van der Waals surface area (Å²) in [5, 5.41) is 2.87. The number of rotatable bonds is 2. The number of aromatic nitrogens is 1. The van der Waals surface area contributed by atoms with E-state index in [1.165, 1.54) is 12.4 Å². The lowest BCUT2D eigenvalue weighted by molar-refractivity contribution is 0.0150. The van der Waals surface area contributed by atoms with E-state index in [-0.39, 0.29) is 17.0 Å². The number of sulfonamides is 1. The second-order valence-corrected chi connectivity index (χ2v) is 6.11. The third-order valence-electron chi connectivity index (χ3n) is 3.15. The third kappa shape index (κ3) is 2.54. The SMILES string of the molecule is O=S1(=O)N=C(NOC2CCCC2)Nc2ccncc21. The van der Waals surface area contributed by atoms with Crippen LogP contribution in [-0.4, -0.2) is 25.5 Å². The van der Waals surface area contributed by atoms with Crippen LogP contribution in [0.1, 0.15) is 25.7 Å². The summed E-state index contributed by atoms with van der Waals surface area (Å²) < 4.78 is 27.5. The Hall–Kier alpha value is -1.67. The van der Waals surface area contributed by atoms with E-state index in [2.05, 4.69) is 20.2 Å². The molecule has 19 heavy (non-hydrogen) atoms. The molecule has 1 fully saturated rings. The fraction of sp³-hybridized carbons (Fsp3) is 0.455. The van der Waals surface area contributed by atoms with Crippen molar-refractivity contribution in [2.24, 2.45) is 4.40 Å². The van der Waals surface area contributed by atoms with Crippen molar-refractivity contribution in [2.75, 3.05) is 5.32 Å². The van der Waals surface area contributed by atoms with Crippen LogP contribution in [-0.2, 0) is 14.9 Å². The molecule has 0 unspecified atom stereocenters. The summed E-state index contributed by atoms with van der Waals surface area (Å²) in [5.74, 6) is 0.0885. The van der Waals surface area contributed by atoms with Gasteiger partial charge in [-0.1, -0.05) is 12.8 Å². The third-order valence-corrected chi connectivity index (χ3v) is 4.46. The molecule has 0 atom stereocenters. The van der Waals surface area contributed by atoms with E-state index in [4.69, 9.17) is 4.84 Å². The summed E-state index contributed by atoms with van der Waals surface area (Å²) >= 11 is 0. The van der Waals surface area contributed by atoms with Crippen LogP contribution < -0.4 is 10.8 Å². The maximum Gasteiger partial charge on any atom is 0.289 e. The van der Waals surface area contributed by atoms with Crippen molar-refractivity contribution in [3.05, 3.63) is 18.5 Å². The van der Waals surface area contributed by atoms with Crippen LogP contribution in [0, 0.1) is 0 Å². The molecule has 1 aromatic heterocycles. The normalized spacial score (nSPS) is 21.4. The molecule has 0 saturated heterocycles. The molecule has 2 N–H and O–H groups in total. The maximum atomic E-state index is 11.9. The standard InChI is InChI=1S/C11H14N4O3S/c16-19(17)10-7-12-6-5-9(10)13-11(15-19)14-18-8-3-1-2-4-8/h5-8H,1-4H2,(H2,13,14,15). The molecule has 1 aromatic rings. The van der Waals surface area contributed by atoms with Gasteiger partial charge in [-0.25, -0.2) is 5.48 Å². The summed E-state index contributed by atoms with van der Waals surface area (Å²) in [5.41, 5.74) is 3.05. The van der Waals surface area contributed by atoms with Gasteiger partial charge in [0.2, 0.25) is 5.96 Å². The predicted octanol–water partition coefficient (Wildman–Crippen LogP) is 1.02. The van der Waals surface area contributed by atoms with Gasteiger partial charge in [-0.15, -0.1) is 4.40 Å². The molecule has 8 heteroatoms. The second-order valence-electron chi connectivity index (χ2n) is 4.54. The van der Waals surface area contributed by atoms with Crippen molar-refractivity contribution in [3.8, 4) is 0 Å². The molecule has 102 valence electrons. The topological polar surface area (TPSA) is 92.7 Å². The second kappa shape index (κ2) is 4.78. The summed E-state index contributed by atoms with van der Waals surface area (Å²) in [6.45, 7) is 0. The van der Waals surface area contributed by atoms with E-state index < -0.39 is 10.0 Å². The molecule has 0 bridgehead atoms. The Labute approximate surface area is 111 Å². The summed E-state index contributed by atoms with van der Waals surface area (Å²) in [6, 6.07) is 1.58. The largest absolute Gasteiger partial charge is 0.322 e. The Morgan fingerprint density at radius 3 is 2.95 bits per heavy atom. The molecule has 1 aliphatic heterocycles. The highest BCUT2D eigenvalue weighted by Gasteiger charge is 2.26. The minimum absolute atomic E-state index is 0.0708. The lowest BCUT2D eigenvalue weighted by Crippen LogP contribution is -2.36. The highest BCUT2D eigenvalue weighted by Crippen LogP contribution is 2.25. The molecule has 2 heterocycles. The smallest absolute Gasteiger partial charge is 0.289 e. The van der Waals surface area contributed by atoms with Crippen molar-refractivity contribution in [3.63, 3.8) is 0 Å². The van der Waals surface area contributed by atoms with E-state index in [0.29, 0.717) is 5.69 Å². The number of nitrogens with zero attached hydrogens (tertiary/aromatic N) is 2. The van der Waals surface area contributed by atoms with Crippen LogP contribution in [0.3, 0.4) is 0 Å². The number of hydrogen-bond donors (Lipinski definition) is 2. The monoisotopic (exact) mass is 282 g/mol. The predicted molar refractivity (Wildman–Crippen MR) is 69.0 cm³/mol. The lowest BCUT2D eigenvalue weighted by Gasteiger charge is -2.19. The summed E-state index contributed by atoms with van der Waals surface area (Å²) in [4.78, 5) is 9.29. The van der Waals surface area contributed by atoms with E-state index in [9.17, 15) is 8.42 Å². The van der Waals surface area contributed by atoms with Gasteiger partial charge < -0.3 is 5.32 Å². The number of nitrogens with one attached hydrogen (secondary N) is 2. The Kier molecular flexibility index (Phi) is 3.11. The minimum atomic E-state index is -3.72. The molecule has 1 saturated carbocycles. The zero-order valence-corrected chi connectivity index (χ0v) is 11.0. The molecule has 2 aliphatic rings. The number of anilines is 1. The van der Waals surface area contributed by atoms with Crippen LogP contribution in [0.15, 0.2) is 27.8 Å². The average Bonchev–Trinajstić information content (AvgIpc) is 2.89. The van der Waals surface area contributed by atoms with Gasteiger partial charge in [0.25, 0.3) is 10.0 Å². The first-order valence-electron chi connectivity index (χ1n) is 6.13. The van der Waals surface area contributed by atoms with E-state index in [1.807, 2.05) is 0 Å². The number of hydroxylamine groups is 1. The van der Waals surface area contributed by atoms with Gasteiger partial charge in [0.15, 0.2) is 0 Å². The van der Waals surface area contributed by atoms with Crippen LogP contribution >= 0.6 is 0 Å². The molecular formula is C11H14N4O3S. The molecule has 0 radical (unpaired) electrons. The first kappa shape index (κ1) is 12.4. The summed E-state index contributed by atoms with van der Waals surface area (Å²) in [6.07, 6.45) is 7.14. The molecule has 0 amide bonds. The number of guanidine groups is 1. The number of hydrogen-bond acceptors (Lipinski definition) is 6. The van der Waals surface area contributed by atoms with Crippen molar-refractivity contribution in [1.82, 2.24) is 10.5 Å². The van der Waals surface area contributed by atoms with Crippen LogP contribution in [0.25, 0.3) is 0 Å². The van der Waals surface area contributed by atoms with Gasteiger partial charge in [0.05, 0.1) is 11.8 Å². The van der Waals surface area contributed by atoms with Crippen LogP contribution in [0.2, 0.25) is 0 Å². The highest BCUT2D eigenvalue weighted by atomic mass is 32.2. The first-order chi connectivity index (χ1) is 9.15. The van der Waals surface area contributed by atoms with Crippen LogP contribution in [0.5, 0.6) is 0 Å². The zero-order chi connectivity index (χ0) is 13.3. The molecular weight excluding hydrogens is 268 g/mol. The molecule has 0 spiro atoms. The van der Waals surface area contributed by atoms with E-state index in [1.54, 1.807) is 6.07 Å². The molecule has 7 nitrogen and oxygen atoms in total. The van der Waals surface area contributed by atoms with Gasteiger partial charge in [0, 0.05) is 12.4 Å². The van der Waals surface area contributed by atoms with Crippen LogP contribution in [0.4, 0.5) is 5.69 Å². The van der Waals surface area contributed by atoms with Crippen molar-refractivity contribution in [2.45, 2.75) is 36.7 Å². The van der Waals surface area contributed by atoms with Gasteiger partial charge in [-0.05, 0) is 18.9 Å². The Morgan fingerprint density at radius 2 is 2.16 bits per heavy atom. The molecule has 3 rings (SSSR count). The van der Waals surface area contributed by atoms with Crippen molar-refractivity contribution >= 4 is 21.7 Å². The molecule has 0 aromatic carbocycles. The Balaban J connectivity index is 1.76. The Morgan fingerprint density at radius 1 is 1.37 bits per heavy atom. The van der Waals surface area contributed by atoms with Gasteiger partial charge in [-0.2, -0.15) is 8.42 Å². The average molecular weight is 282 g/mol. The quantitative estimate of drug-likeness (QED) is 0.787. The first-order valence-corrected chi connectivity index (χ1v) is 7.57. The number of pyridine rings is 1. The van der Waals surface area contributed by atoms with E-state index >= 15 is 0 Å². The fourth-order valence-corrected chi connectivity index (χ4v) is 3.21. The van der Waals surface area contributed by atoms with Gasteiger partial charge in [-0.3, -0.25) is 9.82 Å². The minimum Gasteiger partial charge on any atom is -0.322 e. The van der Waals surface area contributed by atoms with Crippen molar-refractivity contribution in [1.29, 1.82) is 0 Å². The van der Waals surface area contributed by atoms with Crippen molar-refractivity contribution < 1.29 is 13.3 Å². The maximum absolute atomic E-state index is 11.9. The van der Waals surface area contributed by atoms with E-state index in [0.717, 1.165) is 25.7 Å². The number of fused-ring (bicyclic) bond motifs is 1. The summed E-state index contributed by atoms with van der Waals surface area (Å²) in [7, 11) is -3.72. The lowest BCUT2D eigenvalue weighted by atomic mass is 10.3. The van der Waals surface area contributed by atoms with Gasteiger partial charge in [0.1, 0.15) is 4.90 Å². The zero-order valence-electron chi connectivity index (χ0n) is 10.2. The molecule has 1 aliphatic carbocycles. The fourth-order valence-electron chi connectivity index (χ4n) is 2.20. The highest BCUT2D eigenvalue weighted by molar-refractivity contribution is 7.90. The Bertz CT molecular complexity index is 608. The van der Waals surface area contributed by atoms with Gasteiger partial charge >= 0.3 is 0 Å².